The van der Waals surface area contributed by atoms with E-state index in [0.717, 1.165) is 0 Å². The molecule has 0 spiro atoms. The molecule has 4 amide bonds. The highest BCUT2D eigenvalue weighted by Crippen LogP contribution is 2.07. The summed E-state index contributed by atoms with van der Waals surface area (Å²) < 4.78 is 0. The van der Waals surface area contributed by atoms with Crippen molar-refractivity contribution >= 4 is 35.6 Å². The van der Waals surface area contributed by atoms with Crippen LogP contribution in [0.5, 0.6) is 0 Å². The molecule has 13 heteroatoms. The van der Waals surface area contributed by atoms with Crippen LogP contribution in [0.1, 0.15) is 46.0 Å². The lowest BCUT2D eigenvalue weighted by Crippen LogP contribution is -2.54. The number of hydrogen-bond donors (Lipinski definition) is 7. The fourth-order valence-corrected chi connectivity index (χ4v) is 2.47. The van der Waals surface area contributed by atoms with Gasteiger partial charge in [0.15, 0.2) is 0 Å². The maximum absolute atomic E-state index is 12.4. The molecule has 0 aromatic rings. The molecule has 0 aliphatic heterocycles. The van der Waals surface area contributed by atoms with E-state index in [0.29, 0.717) is 0 Å². The third-order valence-electron chi connectivity index (χ3n) is 4.08. The van der Waals surface area contributed by atoms with Gasteiger partial charge in [-0.25, -0.2) is 4.79 Å². The van der Waals surface area contributed by atoms with Crippen molar-refractivity contribution in [3.63, 3.8) is 0 Å². The zero-order valence-corrected chi connectivity index (χ0v) is 17.6. The Balaban J connectivity index is 4.93. The Morgan fingerprint density at radius 3 is 1.97 bits per heavy atom. The van der Waals surface area contributed by atoms with Gasteiger partial charge < -0.3 is 37.6 Å². The summed E-state index contributed by atoms with van der Waals surface area (Å²) in [6.45, 7) is 2.97. The van der Waals surface area contributed by atoms with Gasteiger partial charge in [-0.2, -0.15) is 0 Å². The molecular weight excluding hydrogens is 414 g/mol. The zero-order valence-electron chi connectivity index (χ0n) is 17.6. The minimum atomic E-state index is -1.32. The first-order valence-electron chi connectivity index (χ1n) is 9.69. The monoisotopic (exact) mass is 445 g/mol. The molecule has 0 aromatic carbocycles. The SMILES string of the molecule is CC(C)CC(NC(=O)C(CCC(=O)O)NC(=O)CNC(=O)C(N)CCC(N)=O)C(=O)O. The third kappa shape index (κ3) is 12.8. The van der Waals surface area contributed by atoms with Crippen LogP contribution in [0.2, 0.25) is 0 Å². The highest BCUT2D eigenvalue weighted by molar-refractivity contribution is 5.92. The zero-order chi connectivity index (χ0) is 24.1. The van der Waals surface area contributed by atoms with Gasteiger partial charge in [-0.15, -0.1) is 0 Å². The van der Waals surface area contributed by atoms with Gasteiger partial charge in [0.2, 0.25) is 23.6 Å². The lowest BCUT2D eigenvalue weighted by molar-refractivity contribution is -0.143. The van der Waals surface area contributed by atoms with Gasteiger partial charge in [0, 0.05) is 12.8 Å². The molecule has 9 N–H and O–H groups in total. The van der Waals surface area contributed by atoms with Crippen LogP contribution in [-0.4, -0.2) is 70.5 Å². The number of carboxylic acids is 2. The van der Waals surface area contributed by atoms with Crippen molar-refractivity contribution in [1.82, 2.24) is 16.0 Å². The van der Waals surface area contributed by atoms with Gasteiger partial charge in [0.05, 0.1) is 12.6 Å². The summed E-state index contributed by atoms with van der Waals surface area (Å²) in [5.41, 5.74) is 10.5. The molecule has 0 saturated carbocycles. The molecule has 13 nitrogen and oxygen atoms in total. The summed E-state index contributed by atoms with van der Waals surface area (Å²) in [4.78, 5) is 69.3. The minimum Gasteiger partial charge on any atom is -0.481 e. The van der Waals surface area contributed by atoms with E-state index in [-0.39, 0.29) is 31.6 Å². The Bertz CT molecular complexity index is 682. The Morgan fingerprint density at radius 2 is 1.48 bits per heavy atom. The van der Waals surface area contributed by atoms with E-state index in [4.69, 9.17) is 16.6 Å². The highest BCUT2D eigenvalue weighted by atomic mass is 16.4. The summed E-state index contributed by atoms with van der Waals surface area (Å²) in [7, 11) is 0. The van der Waals surface area contributed by atoms with Crippen LogP contribution in [0.3, 0.4) is 0 Å². The summed E-state index contributed by atoms with van der Waals surface area (Å²) in [6.07, 6.45) is -0.726. The fraction of sp³-hybridized carbons (Fsp3) is 0.667. The summed E-state index contributed by atoms with van der Waals surface area (Å²) in [5, 5.41) is 24.9. The van der Waals surface area contributed by atoms with Crippen molar-refractivity contribution in [2.45, 2.75) is 64.1 Å². The van der Waals surface area contributed by atoms with Crippen molar-refractivity contribution in [3.05, 3.63) is 0 Å². The quantitative estimate of drug-likeness (QED) is 0.143. The first-order valence-corrected chi connectivity index (χ1v) is 9.69. The standard InChI is InChI=1S/C18H31N5O8/c1-9(2)7-12(18(30)31)23-17(29)11(4-6-15(26)27)22-14(25)8-21-16(28)10(19)3-5-13(20)24/h9-12H,3-8,19H2,1-2H3,(H2,20,24)(H,21,28)(H,22,25)(H,23,29)(H,26,27)(H,30,31). The first kappa shape index (κ1) is 27.8. The largest absolute Gasteiger partial charge is 0.481 e. The molecule has 0 aromatic heterocycles. The van der Waals surface area contributed by atoms with Gasteiger partial charge in [-0.3, -0.25) is 24.0 Å². The Hall–Kier alpha value is -3.22. The Morgan fingerprint density at radius 1 is 0.871 bits per heavy atom. The third-order valence-corrected chi connectivity index (χ3v) is 4.08. The smallest absolute Gasteiger partial charge is 0.326 e. The van der Waals surface area contributed by atoms with Crippen molar-refractivity contribution in [1.29, 1.82) is 0 Å². The number of carbonyl (C=O) groups excluding carboxylic acids is 4. The van der Waals surface area contributed by atoms with Gasteiger partial charge in [-0.05, 0) is 25.2 Å². The molecule has 0 heterocycles. The van der Waals surface area contributed by atoms with Gasteiger partial charge >= 0.3 is 11.9 Å². The summed E-state index contributed by atoms with van der Waals surface area (Å²) >= 11 is 0. The van der Waals surface area contributed by atoms with Crippen molar-refractivity contribution in [3.8, 4) is 0 Å². The number of carbonyl (C=O) groups is 6. The average Bonchev–Trinajstić information content (AvgIpc) is 2.65. The highest BCUT2D eigenvalue weighted by Gasteiger charge is 2.27. The molecule has 0 rings (SSSR count). The second-order valence-electron chi connectivity index (χ2n) is 7.41. The number of nitrogens with two attached hydrogens (primary N) is 2. The van der Waals surface area contributed by atoms with Crippen LogP contribution in [-0.2, 0) is 28.8 Å². The number of primary amides is 1. The van der Waals surface area contributed by atoms with E-state index in [1.54, 1.807) is 13.8 Å². The lowest BCUT2D eigenvalue weighted by Gasteiger charge is -2.22. The molecule has 0 bridgehead atoms. The minimum absolute atomic E-state index is 0.0150. The summed E-state index contributed by atoms with van der Waals surface area (Å²) in [6, 6.07) is -3.60. The molecule has 0 radical (unpaired) electrons. The number of amides is 4. The molecule has 0 fully saturated rings. The molecule has 31 heavy (non-hydrogen) atoms. The number of hydrogen-bond acceptors (Lipinski definition) is 7. The second-order valence-corrected chi connectivity index (χ2v) is 7.41. The van der Waals surface area contributed by atoms with Crippen LogP contribution in [0.15, 0.2) is 0 Å². The Labute approximate surface area is 179 Å². The van der Waals surface area contributed by atoms with Crippen molar-refractivity contribution < 1.29 is 39.0 Å². The van der Waals surface area contributed by atoms with E-state index < -0.39 is 66.7 Å². The number of nitrogens with one attached hydrogen (secondary N) is 3. The first-order chi connectivity index (χ1) is 14.3. The molecule has 3 atom stereocenters. The van der Waals surface area contributed by atoms with Gasteiger partial charge in [0.25, 0.3) is 0 Å². The normalized spacial score (nSPS) is 13.5. The predicted molar refractivity (Wildman–Crippen MR) is 107 cm³/mol. The topological polar surface area (TPSA) is 231 Å². The number of carboxylic acid groups (broad SMARTS) is 2. The predicted octanol–water partition coefficient (Wildman–Crippen LogP) is -2.34. The van der Waals surface area contributed by atoms with Crippen LogP contribution in [0, 0.1) is 5.92 Å². The van der Waals surface area contributed by atoms with E-state index >= 15 is 0 Å². The Kier molecular flexibility index (Phi) is 12.5. The van der Waals surface area contributed by atoms with Crippen LogP contribution in [0.4, 0.5) is 0 Å². The van der Waals surface area contributed by atoms with Crippen LogP contribution >= 0.6 is 0 Å². The fourth-order valence-electron chi connectivity index (χ4n) is 2.47. The maximum atomic E-state index is 12.4. The van der Waals surface area contributed by atoms with E-state index in [9.17, 15) is 33.9 Å². The van der Waals surface area contributed by atoms with Gasteiger partial charge in [-0.1, -0.05) is 13.8 Å². The lowest BCUT2D eigenvalue weighted by atomic mass is 10.0. The molecule has 3 unspecified atom stereocenters. The van der Waals surface area contributed by atoms with Crippen LogP contribution < -0.4 is 27.4 Å². The summed E-state index contributed by atoms with van der Waals surface area (Å²) in [5.74, 6) is -5.53. The molecule has 176 valence electrons. The number of aliphatic carboxylic acids is 2. The molecule has 0 aliphatic carbocycles. The van der Waals surface area contributed by atoms with Gasteiger partial charge in [0.1, 0.15) is 12.1 Å². The van der Waals surface area contributed by atoms with E-state index in [1.807, 2.05) is 0 Å². The van der Waals surface area contributed by atoms with E-state index in [1.165, 1.54) is 0 Å². The maximum Gasteiger partial charge on any atom is 0.326 e. The van der Waals surface area contributed by atoms with Crippen molar-refractivity contribution in [2.75, 3.05) is 6.54 Å². The second kappa shape index (κ2) is 13.9. The number of rotatable bonds is 15. The van der Waals surface area contributed by atoms with Crippen molar-refractivity contribution in [2.24, 2.45) is 17.4 Å². The molecule has 0 saturated heterocycles. The molecule has 0 aliphatic rings. The van der Waals surface area contributed by atoms with Crippen LogP contribution in [0.25, 0.3) is 0 Å². The molecular formula is C18H31N5O8. The van der Waals surface area contributed by atoms with E-state index in [2.05, 4.69) is 16.0 Å². The average molecular weight is 445 g/mol.